The van der Waals surface area contributed by atoms with Crippen LogP contribution in [-0.4, -0.2) is 23.3 Å². The molecule has 0 heterocycles. The summed E-state index contributed by atoms with van der Waals surface area (Å²) in [7, 11) is 0. The molecule has 1 rings (SSSR count). The molecule has 0 spiro atoms. The largest absolute Gasteiger partial charge is 0.480 e. The average molecular weight is 398 g/mol. The Kier molecular flexibility index (Phi) is 10.1. The summed E-state index contributed by atoms with van der Waals surface area (Å²) in [6, 6.07) is -0.679. The maximum atomic E-state index is 11.3. The third-order valence-corrected chi connectivity index (χ3v) is 5.79. The smallest absolute Gasteiger partial charge is 0.328 e. The van der Waals surface area contributed by atoms with Crippen molar-refractivity contribution in [3.05, 3.63) is 58.7 Å². The summed E-state index contributed by atoms with van der Waals surface area (Å²) >= 11 is 0. The fourth-order valence-electron chi connectivity index (χ4n) is 3.62. The molecule has 0 amide bonds. The molecule has 0 radical (unpaired) electrons. The van der Waals surface area contributed by atoms with Gasteiger partial charge in [0.15, 0.2) is 0 Å². The molecule has 2 atom stereocenters. The molecule has 0 aromatic carbocycles. The van der Waals surface area contributed by atoms with Gasteiger partial charge in [-0.3, -0.25) is 4.99 Å². The summed E-state index contributed by atoms with van der Waals surface area (Å²) in [5.74, 6) is -0.840. The topological polar surface area (TPSA) is 49.7 Å². The molecule has 29 heavy (non-hydrogen) atoms. The number of aliphatic imine (C=N–C) groups is 1. The van der Waals surface area contributed by atoms with Gasteiger partial charge >= 0.3 is 5.97 Å². The molecule has 0 fully saturated rings. The van der Waals surface area contributed by atoms with Crippen molar-refractivity contribution in [2.75, 3.05) is 0 Å². The van der Waals surface area contributed by atoms with Crippen molar-refractivity contribution < 1.29 is 9.90 Å². The van der Waals surface area contributed by atoms with Gasteiger partial charge in [-0.25, -0.2) is 4.79 Å². The van der Waals surface area contributed by atoms with E-state index in [1.165, 1.54) is 36.0 Å². The zero-order valence-electron chi connectivity index (χ0n) is 19.3. The molecular formula is C26H39NO2. The van der Waals surface area contributed by atoms with Crippen molar-refractivity contribution >= 4 is 12.2 Å². The first kappa shape index (κ1) is 24.9. The Labute approximate surface area is 177 Å². The third-order valence-electron chi connectivity index (χ3n) is 5.79. The zero-order chi connectivity index (χ0) is 22.0. The van der Waals surface area contributed by atoms with Crippen molar-refractivity contribution in [1.82, 2.24) is 0 Å². The maximum Gasteiger partial charge on any atom is 0.328 e. The fourth-order valence-corrected chi connectivity index (χ4v) is 3.62. The van der Waals surface area contributed by atoms with E-state index in [1.54, 1.807) is 6.21 Å². The van der Waals surface area contributed by atoms with Gasteiger partial charge in [-0.1, -0.05) is 75.6 Å². The van der Waals surface area contributed by atoms with E-state index in [0.717, 1.165) is 12.0 Å². The number of carboxylic acid groups (broad SMARTS) is 1. The summed E-state index contributed by atoms with van der Waals surface area (Å²) in [6.07, 6.45) is 18.6. The van der Waals surface area contributed by atoms with E-state index >= 15 is 0 Å². The lowest BCUT2D eigenvalue weighted by Gasteiger charge is -2.32. The first-order valence-electron chi connectivity index (χ1n) is 10.7. The molecule has 1 aliphatic rings. The predicted molar refractivity (Wildman–Crippen MR) is 125 cm³/mol. The molecule has 0 saturated heterocycles. The minimum atomic E-state index is -0.867. The van der Waals surface area contributed by atoms with Crippen LogP contribution in [-0.2, 0) is 4.79 Å². The van der Waals surface area contributed by atoms with Crippen molar-refractivity contribution in [2.24, 2.45) is 16.3 Å². The van der Waals surface area contributed by atoms with E-state index in [2.05, 4.69) is 50.9 Å². The van der Waals surface area contributed by atoms with Gasteiger partial charge in [0.2, 0.25) is 0 Å². The van der Waals surface area contributed by atoms with Crippen LogP contribution in [0.4, 0.5) is 0 Å². The van der Waals surface area contributed by atoms with Crippen LogP contribution < -0.4 is 0 Å². The highest BCUT2D eigenvalue weighted by molar-refractivity contribution is 5.80. The van der Waals surface area contributed by atoms with E-state index in [-0.39, 0.29) is 11.3 Å². The van der Waals surface area contributed by atoms with Crippen LogP contribution in [0.15, 0.2) is 63.7 Å². The van der Waals surface area contributed by atoms with Gasteiger partial charge in [0, 0.05) is 6.21 Å². The number of hydrogen-bond donors (Lipinski definition) is 1. The first-order valence-corrected chi connectivity index (χ1v) is 10.7. The molecule has 0 aromatic heterocycles. The lowest BCUT2D eigenvalue weighted by molar-refractivity contribution is -0.139. The molecule has 0 aliphatic heterocycles. The van der Waals surface area contributed by atoms with Gasteiger partial charge in [0.1, 0.15) is 6.04 Å². The van der Waals surface area contributed by atoms with Gasteiger partial charge in [-0.2, -0.15) is 0 Å². The van der Waals surface area contributed by atoms with E-state index in [9.17, 15) is 9.90 Å². The number of hydrogen-bond acceptors (Lipinski definition) is 2. The highest BCUT2D eigenvalue weighted by atomic mass is 16.4. The van der Waals surface area contributed by atoms with Crippen LogP contribution in [0.25, 0.3) is 0 Å². The summed E-state index contributed by atoms with van der Waals surface area (Å²) in [6.45, 7) is 14.9. The molecule has 3 nitrogen and oxygen atoms in total. The predicted octanol–water partition coefficient (Wildman–Crippen LogP) is 7.09. The number of allylic oxidation sites excluding steroid dienone is 10. The highest BCUT2D eigenvalue weighted by Crippen LogP contribution is 2.40. The maximum absolute atomic E-state index is 11.3. The molecule has 3 heteroatoms. The lowest BCUT2D eigenvalue weighted by atomic mass is 9.72. The van der Waals surface area contributed by atoms with Crippen LogP contribution in [0.2, 0.25) is 0 Å². The molecule has 1 N–H and O–H groups in total. The van der Waals surface area contributed by atoms with Crippen LogP contribution in [0.1, 0.15) is 74.1 Å². The van der Waals surface area contributed by atoms with Crippen LogP contribution in [0.3, 0.4) is 0 Å². The monoisotopic (exact) mass is 397 g/mol. The molecule has 0 aromatic rings. The van der Waals surface area contributed by atoms with Crippen LogP contribution >= 0.6 is 0 Å². The van der Waals surface area contributed by atoms with E-state index in [1.807, 2.05) is 39.0 Å². The molecule has 0 bridgehead atoms. The second kappa shape index (κ2) is 11.7. The van der Waals surface area contributed by atoms with E-state index in [0.29, 0.717) is 0 Å². The van der Waals surface area contributed by atoms with Gasteiger partial charge in [0.05, 0.1) is 0 Å². The third kappa shape index (κ3) is 8.39. The summed E-state index contributed by atoms with van der Waals surface area (Å²) in [4.78, 5) is 15.5. The van der Waals surface area contributed by atoms with Crippen molar-refractivity contribution in [2.45, 2.75) is 80.2 Å². The normalized spacial score (nSPS) is 20.8. The van der Waals surface area contributed by atoms with E-state index < -0.39 is 12.0 Å². The van der Waals surface area contributed by atoms with Gasteiger partial charge < -0.3 is 5.11 Å². The summed E-state index contributed by atoms with van der Waals surface area (Å²) in [5.41, 5.74) is 5.48. The highest BCUT2D eigenvalue weighted by Gasteiger charge is 2.26. The number of aliphatic carboxylic acids is 1. The SMILES string of the molecule is CCC(C)C(N=C/C=C(C)/C=C/C=C(C)/C=C/C1=C(C)CCCC1(C)C)C(=O)O. The Hall–Kier alpha value is -2.16. The second-order valence-corrected chi connectivity index (χ2v) is 8.91. The number of carbonyl (C=O) groups is 1. The Morgan fingerprint density at radius 1 is 1.21 bits per heavy atom. The lowest BCUT2D eigenvalue weighted by Crippen LogP contribution is -2.25. The summed E-state index contributed by atoms with van der Waals surface area (Å²) < 4.78 is 0. The minimum absolute atomic E-state index is 0.0262. The molecule has 160 valence electrons. The Balaban J connectivity index is 2.75. The zero-order valence-corrected chi connectivity index (χ0v) is 19.3. The van der Waals surface area contributed by atoms with Crippen molar-refractivity contribution in [3.8, 4) is 0 Å². The van der Waals surface area contributed by atoms with Gasteiger partial charge in [-0.05, 0) is 68.6 Å². The number of carboxylic acids is 1. The fraction of sp³-hybridized carbons (Fsp3) is 0.538. The average Bonchev–Trinajstić information content (AvgIpc) is 2.63. The van der Waals surface area contributed by atoms with E-state index in [4.69, 9.17) is 0 Å². The molecule has 1 aliphatic carbocycles. The summed E-state index contributed by atoms with van der Waals surface area (Å²) in [5, 5.41) is 9.27. The Morgan fingerprint density at radius 3 is 2.45 bits per heavy atom. The number of rotatable bonds is 9. The van der Waals surface area contributed by atoms with Gasteiger partial charge in [0.25, 0.3) is 0 Å². The molecule has 0 saturated carbocycles. The Bertz CT molecular complexity index is 745. The second-order valence-electron chi connectivity index (χ2n) is 8.91. The van der Waals surface area contributed by atoms with Gasteiger partial charge in [-0.15, -0.1) is 0 Å². The quantitative estimate of drug-likeness (QED) is 0.333. The van der Waals surface area contributed by atoms with Crippen molar-refractivity contribution in [1.29, 1.82) is 0 Å². The van der Waals surface area contributed by atoms with Crippen LogP contribution in [0.5, 0.6) is 0 Å². The number of nitrogens with zero attached hydrogens (tertiary/aromatic N) is 1. The molecule has 2 unspecified atom stereocenters. The molecular weight excluding hydrogens is 358 g/mol. The standard InChI is InChI=1S/C26H39NO2/c1-8-21(4)24(25(28)29)27-18-16-20(3)12-9-11-19(2)14-15-23-22(5)13-10-17-26(23,6)7/h9,11-12,14-16,18,21,24H,8,10,13,17H2,1-7H3,(H,28,29)/b12-9+,15-14+,19-11+,20-16+,27-18?. The van der Waals surface area contributed by atoms with Crippen molar-refractivity contribution in [3.63, 3.8) is 0 Å². The Morgan fingerprint density at radius 2 is 1.86 bits per heavy atom. The minimum Gasteiger partial charge on any atom is -0.480 e. The van der Waals surface area contributed by atoms with Crippen LogP contribution in [0, 0.1) is 11.3 Å². The first-order chi connectivity index (χ1) is 13.6.